The van der Waals surface area contributed by atoms with Crippen LogP contribution in [0.3, 0.4) is 0 Å². The largest absolute Gasteiger partial charge is 0.310 e. The summed E-state index contributed by atoms with van der Waals surface area (Å²) in [4.78, 5) is 6.29. The SMILES string of the molecule is CCCNCc1nc2c(s1)CCCCC2. The minimum Gasteiger partial charge on any atom is -0.310 e. The fourth-order valence-corrected chi connectivity index (χ4v) is 3.16. The molecule has 1 aromatic rings. The van der Waals surface area contributed by atoms with Crippen molar-refractivity contribution in [2.24, 2.45) is 0 Å². The fourth-order valence-electron chi connectivity index (χ4n) is 2.03. The highest BCUT2D eigenvalue weighted by Crippen LogP contribution is 2.25. The minimum absolute atomic E-state index is 0.964. The molecule has 15 heavy (non-hydrogen) atoms. The molecule has 1 heterocycles. The molecule has 1 N–H and O–H groups in total. The van der Waals surface area contributed by atoms with Gasteiger partial charge in [0.15, 0.2) is 0 Å². The molecule has 1 aliphatic carbocycles. The van der Waals surface area contributed by atoms with Gasteiger partial charge in [-0.1, -0.05) is 13.3 Å². The van der Waals surface area contributed by atoms with Gasteiger partial charge in [-0.15, -0.1) is 11.3 Å². The predicted molar refractivity (Wildman–Crippen MR) is 65.4 cm³/mol. The zero-order valence-corrected chi connectivity index (χ0v) is 10.3. The predicted octanol–water partition coefficient (Wildman–Crippen LogP) is 2.91. The number of rotatable bonds is 4. The van der Waals surface area contributed by atoms with Gasteiger partial charge in [-0.25, -0.2) is 4.98 Å². The lowest BCUT2D eigenvalue weighted by Gasteiger charge is -1.98. The molecule has 0 bridgehead atoms. The highest BCUT2D eigenvalue weighted by Gasteiger charge is 2.13. The van der Waals surface area contributed by atoms with E-state index in [1.54, 1.807) is 4.88 Å². The van der Waals surface area contributed by atoms with Crippen molar-refractivity contribution in [3.05, 3.63) is 15.6 Å². The van der Waals surface area contributed by atoms with E-state index in [1.807, 2.05) is 11.3 Å². The molecule has 0 unspecified atom stereocenters. The third-order valence-electron chi connectivity index (χ3n) is 2.84. The fraction of sp³-hybridized carbons (Fsp3) is 0.750. The number of nitrogens with one attached hydrogen (secondary N) is 1. The Balaban J connectivity index is 1.96. The molecule has 0 amide bonds. The van der Waals surface area contributed by atoms with E-state index in [1.165, 1.54) is 49.2 Å². The molecule has 0 aromatic carbocycles. The van der Waals surface area contributed by atoms with Gasteiger partial charge in [0.25, 0.3) is 0 Å². The van der Waals surface area contributed by atoms with E-state index < -0.39 is 0 Å². The highest BCUT2D eigenvalue weighted by molar-refractivity contribution is 7.11. The van der Waals surface area contributed by atoms with Crippen LogP contribution >= 0.6 is 11.3 Å². The zero-order chi connectivity index (χ0) is 10.5. The van der Waals surface area contributed by atoms with Crippen molar-refractivity contribution in [2.75, 3.05) is 6.54 Å². The molecule has 1 aliphatic rings. The van der Waals surface area contributed by atoms with Gasteiger partial charge in [-0.05, 0) is 38.6 Å². The molecular formula is C12H20N2S. The Morgan fingerprint density at radius 2 is 2.13 bits per heavy atom. The Morgan fingerprint density at radius 3 is 3.00 bits per heavy atom. The monoisotopic (exact) mass is 224 g/mol. The van der Waals surface area contributed by atoms with Crippen molar-refractivity contribution in [3.63, 3.8) is 0 Å². The van der Waals surface area contributed by atoms with Crippen molar-refractivity contribution in [3.8, 4) is 0 Å². The molecule has 2 rings (SSSR count). The van der Waals surface area contributed by atoms with Gasteiger partial charge >= 0.3 is 0 Å². The minimum atomic E-state index is 0.964. The van der Waals surface area contributed by atoms with Gasteiger partial charge < -0.3 is 5.32 Å². The molecule has 1 aromatic heterocycles. The average Bonchev–Trinajstić information content (AvgIpc) is 2.49. The van der Waals surface area contributed by atoms with Gasteiger partial charge in [0, 0.05) is 11.4 Å². The van der Waals surface area contributed by atoms with Crippen LogP contribution in [0.4, 0.5) is 0 Å². The summed E-state index contributed by atoms with van der Waals surface area (Å²) in [6, 6.07) is 0. The highest BCUT2D eigenvalue weighted by atomic mass is 32.1. The lowest BCUT2D eigenvalue weighted by atomic mass is 10.2. The van der Waals surface area contributed by atoms with E-state index in [4.69, 9.17) is 4.98 Å². The van der Waals surface area contributed by atoms with Crippen molar-refractivity contribution in [1.82, 2.24) is 10.3 Å². The molecule has 2 nitrogen and oxygen atoms in total. The third-order valence-corrected chi connectivity index (χ3v) is 4.00. The summed E-state index contributed by atoms with van der Waals surface area (Å²) >= 11 is 1.93. The molecule has 84 valence electrons. The maximum atomic E-state index is 4.74. The van der Waals surface area contributed by atoms with E-state index in [0.717, 1.165) is 13.1 Å². The topological polar surface area (TPSA) is 24.9 Å². The van der Waals surface area contributed by atoms with Crippen LogP contribution in [-0.2, 0) is 19.4 Å². The second-order valence-corrected chi connectivity index (χ2v) is 5.38. The van der Waals surface area contributed by atoms with Crippen LogP contribution in [0.1, 0.15) is 48.2 Å². The van der Waals surface area contributed by atoms with Gasteiger partial charge in [-0.2, -0.15) is 0 Å². The Hall–Kier alpha value is -0.410. The van der Waals surface area contributed by atoms with Crippen LogP contribution in [0.15, 0.2) is 0 Å². The summed E-state index contributed by atoms with van der Waals surface area (Å²) in [5, 5.41) is 4.71. The Morgan fingerprint density at radius 1 is 1.27 bits per heavy atom. The maximum Gasteiger partial charge on any atom is 0.107 e. The summed E-state index contributed by atoms with van der Waals surface area (Å²) in [5.41, 5.74) is 1.39. The molecule has 0 atom stereocenters. The number of fused-ring (bicyclic) bond motifs is 1. The standard InChI is InChI=1S/C12H20N2S/c1-2-8-13-9-12-14-10-6-4-3-5-7-11(10)15-12/h13H,2-9H2,1H3. The van der Waals surface area contributed by atoms with Crippen molar-refractivity contribution in [1.29, 1.82) is 0 Å². The zero-order valence-electron chi connectivity index (χ0n) is 9.51. The molecule has 0 fully saturated rings. The van der Waals surface area contributed by atoms with Crippen LogP contribution in [0, 0.1) is 0 Å². The van der Waals surface area contributed by atoms with E-state index in [-0.39, 0.29) is 0 Å². The summed E-state index contributed by atoms with van der Waals surface area (Å²) in [7, 11) is 0. The van der Waals surface area contributed by atoms with Gasteiger partial charge in [0.1, 0.15) is 5.01 Å². The second-order valence-electron chi connectivity index (χ2n) is 4.21. The lowest BCUT2D eigenvalue weighted by Crippen LogP contribution is -2.13. The van der Waals surface area contributed by atoms with E-state index in [9.17, 15) is 0 Å². The second kappa shape index (κ2) is 5.61. The van der Waals surface area contributed by atoms with Crippen LogP contribution in [0.2, 0.25) is 0 Å². The van der Waals surface area contributed by atoms with Crippen LogP contribution < -0.4 is 5.32 Å². The molecule has 0 aliphatic heterocycles. The quantitative estimate of drug-likeness (QED) is 0.628. The first-order valence-electron chi connectivity index (χ1n) is 6.08. The van der Waals surface area contributed by atoms with Crippen LogP contribution in [0.5, 0.6) is 0 Å². The molecule has 0 spiro atoms. The Labute approximate surface area is 96.1 Å². The summed E-state index contributed by atoms with van der Waals surface area (Å²) in [5.74, 6) is 0. The summed E-state index contributed by atoms with van der Waals surface area (Å²) < 4.78 is 0. The molecule has 3 heteroatoms. The molecular weight excluding hydrogens is 204 g/mol. The first-order valence-corrected chi connectivity index (χ1v) is 6.90. The lowest BCUT2D eigenvalue weighted by molar-refractivity contribution is 0.668. The number of thiazole rings is 1. The third kappa shape index (κ3) is 3.02. The molecule has 0 saturated carbocycles. The normalized spacial score (nSPS) is 16.1. The van der Waals surface area contributed by atoms with Gasteiger partial charge in [0.05, 0.1) is 5.69 Å². The van der Waals surface area contributed by atoms with Crippen molar-refractivity contribution >= 4 is 11.3 Å². The first-order chi connectivity index (χ1) is 7.40. The van der Waals surface area contributed by atoms with Gasteiger partial charge in [-0.3, -0.25) is 0 Å². The van der Waals surface area contributed by atoms with Crippen molar-refractivity contribution in [2.45, 2.75) is 52.0 Å². The average molecular weight is 224 g/mol. The van der Waals surface area contributed by atoms with E-state index in [0.29, 0.717) is 0 Å². The summed E-state index contributed by atoms with van der Waals surface area (Å²) in [6.45, 7) is 4.26. The van der Waals surface area contributed by atoms with E-state index >= 15 is 0 Å². The smallest absolute Gasteiger partial charge is 0.107 e. The Kier molecular flexibility index (Phi) is 4.15. The summed E-state index contributed by atoms with van der Waals surface area (Å²) in [6.07, 6.45) is 7.74. The molecule has 0 saturated heterocycles. The van der Waals surface area contributed by atoms with Crippen molar-refractivity contribution < 1.29 is 0 Å². The van der Waals surface area contributed by atoms with Gasteiger partial charge in [0.2, 0.25) is 0 Å². The first kappa shape index (κ1) is 11.1. The number of aromatic nitrogens is 1. The maximum absolute atomic E-state index is 4.74. The van der Waals surface area contributed by atoms with Crippen LogP contribution in [-0.4, -0.2) is 11.5 Å². The number of aryl methyl sites for hydroxylation is 2. The van der Waals surface area contributed by atoms with E-state index in [2.05, 4.69) is 12.2 Å². The molecule has 0 radical (unpaired) electrons. The Bertz CT molecular complexity index is 283. The number of nitrogens with zero attached hydrogens (tertiary/aromatic N) is 1. The number of hydrogen-bond donors (Lipinski definition) is 1. The number of hydrogen-bond acceptors (Lipinski definition) is 3. The van der Waals surface area contributed by atoms with Crippen LogP contribution in [0.25, 0.3) is 0 Å².